The molecule has 1 unspecified atom stereocenters. The van der Waals surface area contributed by atoms with E-state index >= 15 is 0 Å². The second-order valence-corrected chi connectivity index (χ2v) is 11.4. The highest BCUT2D eigenvalue weighted by atomic mass is 19.1. The molecule has 0 aliphatic carbocycles. The lowest BCUT2D eigenvalue weighted by atomic mass is 10.1. The maximum Gasteiger partial charge on any atom is 0.335 e. The van der Waals surface area contributed by atoms with Gasteiger partial charge in [0.1, 0.15) is 24.1 Å². The fourth-order valence-electron chi connectivity index (χ4n) is 5.83. The number of ether oxygens (including phenoxy) is 3. The highest BCUT2D eigenvalue weighted by Gasteiger charge is 2.29. The van der Waals surface area contributed by atoms with Crippen molar-refractivity contribution in [2.24, 2.45) is 0 Å². The zero-order valence-corrected chi connectivity index (χ0v) is 25.3. The van der Waals surface area contributed by atoms with Gasteiger partial charge in [-0.3, -0.25) is 4.90 Å². The lowest BCUT2D eigenvalue weighted by Gasteiger charge is -2.39. The molecule has 2 aromatic heterocycles. The van der Waals surface area contributed by atoms with Crippen molar-refractivity contribution in [1.82, 2.24) is 19.4 Å². The number of aromatic nitrogens is 3. The van der Waals surface area contributed by atoms with E-state index < -0.39 is 11.8 Å². The lowest BCUT2D eigenvalue weighted by Crippen LogP contribution is -2.48. The van der Waals surface area contributed by atoms with E-state index in [9.17, 15) is 14.3 Å². The summed E-state index contributed by atoms with van der Waals surface area (Å²) in [5.41, 5.74) is 3.29. The number of anilines is 1. The number of hydrogen-bond donors (Lipinski definition) is 1. The molecule has 0 bridgehead atoms. The predicted molar refractivity (Wildman–Crippen MR) is 164 cm³/mol. The van der Waals surface area contributed by atoms with Crippen LogP contribution in [0.2, 0.25) is 0 Å². The maximum absolute atomic E-state index is 14.4. The van der Waals surface area contributed by atoms with Crippen LogP contribution in [0.25, 0.3) is 11.0 Å². The number of nitrogens with zero attached hydrogens (tertiary/aromatic N) is 6. The highest BCUT2D eigenvalue weighted by Crippen LogP contribution is 2.30. The number of benzene rings is 2. The summed E-state index contributed by atoms with van der Waals surface area (Å²) < 4.78 is 33.6. The minimum absolute atomic E-state index is 0.0121. The summed E-state index contributed by atoms with van der Waals surface area (Å²) in [5, 5.41) is 18.6. The topological polar surface area (TPSA) is 126 Å². The van der Waals surface area contributed by atoms with Gasteiger partial charge in [-0.05, 0) is 55.3 Å². The Morgan fingerprint density at radius 2 is 1.93 bits per heavy atom. The smallest absolute Gasteiger partial charge is 0.335 e. The number of fused-ring (bicyclic) bond motifs is 1. The van der Waals surface area contributed by atoms with Gasteiger partial charge in [0.15, 0.2) is 0 Å². The summed E-state index contributed by atoms with van der Waals surface area (Å²) in [6.07, 6.45) is 1.06. The normalized spacial score (nSPS) is 17.6. The average Bonchev–Trinajstić information content (AvgIpc) is 3.39. The van der Waals surface area contributed by atoms with Crippen LogP contribution in [0.4, 0.5) is 10.2 Å². The Hall–Kier alpha value is -4.57. The van der Waals surface area contributed by atoms with Crippen LogP contribution < -0.4 is 9.64 Å². The number of nitriles is 1. The number of methoxy groups -OCH3 is 1. The molecule has 1 N–H and O–H groups in total. The third kappa shape index (κ3) is 6.61. The largest absolute Gasteiger partial charge is 0.478 e. The highest BCUT2D eigenvalue weighted by molar-refractivity contribution is 5.92. The second-order valence-electron chi connectivity index (χ2n) is 11.4. The van der Waals surface area contributed by atoms with Crippen LogP contribution in [0.3, 0.4) is 0 Å². The second kappa shape index (κ2) is 13.2. The van der Waals surface area contributed by atoms with Crippen LogP contribution in [0.5, 0.6) is 5.88 Å². The van der Waals surface area contributed by atoms with Gasteiger partial charge < -0.3 is 28.8 Å². The lowest BCUT2D eigenvalue weighted by molar-refractivity contribution is -0.0594. The number of pyridine rings is 1. The van der Waals surface area contributed by atoms with Crippen LogP contribution in [-0.2, 0) is 29.2 Å². The van der Waals surface area contributed by atoms with Gasteiger partial charge in [0.25, 0.3) is 0 Å². The Balaban J connectivity index is 1.17. The minimum Gasteiger partial charge on any atom is -0.478 e. The summed E-state index contributed by atoms with van der Waals surface area (Å²) in [6.45, 7) is 6.80. The third-order valence-corrected chi connectivity index (χ3v) is 8.48. The first-order valence-electron chi connectivity index (χ1n) is 15.0. The molecule has 6 rings (SSSR count). The summed E-state index contributed by atoms with van der Waals surface area (Å²) in [6, 6.07) is 15.1. The Morgan fingerprint density at radius 3 is 2.60 bits per heavy atom. The van der Waals surface area contributed by atoms with E-state index in [4.69, 9.17) is 29.4 Å². The van der Waals surface area contributed by atoms with Gasteiger partial charge in [-0.15, -0.1) is 0 Å². The third-order valence-electron chi connectivity index (χ3n) is 8.48. The Morgan fingerprint density at radius 1 is 1.13 bits per heavy atom. The monoisotopic (exact) mass is 614 g/mol. The number of carbonyl (C=O) groups is 1. The number of hydrogen-bond acceptors (Lipinski definition) is 9. The Kier molecular flexibility index (Phi) is 8.93. The molecule has 45 heavy (non-hydrogen) atoms. The Bertz CT molecular complexity index is 1740. The zero-order chi connectivity index (χ0) is 31.5. The molecule has 0 amide bonds. The van der Waals surface area contributed by atoms with Gasteiger partial charge in [0.2, 0.25) is 5.88 Å². The molecule has 4 aromatic rings. The average molecular weight is 615 g/mol. The molecular weight excluding hydrogens is 579 g/mol. The first kappa shape index (κ1) is 30.5. The number of imidazole rings is 1. The van der Waals surface area contributed by atoms with Crippen LogP contribution in [-0.4, -0.2) is 76.5 Å². The fourth-order valence-corrected chi connectivity index (χ4v) is 5.83. The molecule has 12 heteroatoms. The van der Waals surface area contributed by atoms with Crippen molar-refractivity contribution in [2.45, 2.75) is 45.2 Å². The number of halogens is 1. The molecule has 2 atom stereocenters. The Labute approximate surface area is 260 Å². The van der Waals surface area contributed by atoms with E-state index in [1.54, 1.807) is 43.5 Å². The number of rotatable bonds is 11. The van der Waals surface area contributed by atoms with Crippen molar-refractivity contribution in [3.05, 3.63) is 82.4 Å². The molecule has 234 valence electrons. The molecule has 0 spiro atoms. The van der Waals surface area contributed by atoms with E-state index in [0.717, 1.165) is 54.4 Å². The van der Waals surface area contributed by atoms with E-state index in [1.165, 1.54) is 6.07 Å². The van der Waals surface area contributed by atoms with E-state index in [1.807, 2.05) is 12.1 Å². The molecule has 4 heterocycles. The van der Waals surface area contributed by atoms with Crippen LogP contribution in [0, 0.1) is 17.1 Å². The standard InChI is InChI=1S/C33H35FN6O5/c1-21(32-36-28-6-5-24(33(41)42)16-29(28)40(32)18-26-7-12-44-26)38-8-10-39(11-9-38)30-14-23(19-43-2)15-31(37-30)45-20-25-4-3-22(17-35)13-27(25)34/h3-6,13-16,21,26H,7-12,18-20H2,1-2H3,(H,41,42)/t21-,26?/m0/s1. The van der Waals surface area contributed by atoms with Crippen molar-refractivity contribution >= 4 is 22.8 Å². The van der Waals surface area contributed by atoms with E-state index in [0.29, 0.717) is 37.7 Å². The minimum atomic E-state index is -0.964. The van der Waals surface area contributed by atoms with Crippen molar-refractivity contribution in [1.29, 1.82) is 5.26 Å². The predicted octanol–water partition coefficient (Wildman–Crippen LogP) is 4.54. The summed E-state index contributed by atoms with van der Waals surface area (Å²) in [5.74, 6) is 0.550. The van der Waals surface area contributed by atoms with Gasteiger partial charge in [0.05, 0.1) is 53.5 Å². The number of carboxylic acid groups (broad SMARTS) is 1. The van der Waals surface area contributed by atoms with Crippen molar-refractivity contribution < 1.29 is 28.5 Å². The first-order valence-corrected chi connectivity index (χ1v) is 15.0. The maximum atomic E-state index is 14.4. The number of aromatic carboxylic acids is 1. The molecule has 2 fully saturated rings. The number of carboxylic acids is 1. The molecular formula is C33H35FN6O5. The molecule has 2 aliphatic rings. The summed E-state index contributed by atoms with van der Waals surface area (Å²) in [7, 11) is 1.62. The summed E-state index contributed by atoms with van der Waals surface area (Å²) >= 11 is 0. The molecule has 0 saturated carbocycles. The van der Waals surface area contributed by atoms with Crippen molar-refractivity contribution in [3.8, 4) is 11.9 Å². The number of piperazine rings is 1. The molecule has 0 radical (unpaired) electrons. The molecule has 2 saturated heterocycles. The van der Waals surface area contributed by atoms with Crippen LogP contribution in [0.1, 0.15) is 52.3 Å². The molecule has 2 aliphatic heterocycles. The fraction of sp³-hybridized carbons (Fsp3) is 0.394. The SMILES string of the molecule is COCc1cc(OCc2ccc(C#N)cc2F)nc(N2CCN([C@@H](C)c3nc4ccc(C(=O)O)cc4n3CC3CCO3)CC2)c1. The van der Waals surface area contributed by atoms with Gasteiger partial charge in [-0.2, -0.15) is 10.2 Å². The van der Waals surface area contributed by atoms with Crippen LogP contribution >= 0.6 is 0 Å². The van der Waals surface area contributed by atoms with E-state index in [-0.39, 0.29) is 29.9 Å². The van der Waals surface area contributed by atoms with E-state index in [2.05, 4.69) is 21.3 Å². The zero-order valence-electron chi connectivity index (χ0n) is 25.3. The van der Waals surface area contributed by atoms with Gasteiger partial charge >= 0.3 is 5.97 Å². The molecule has 2 aromatic carbocycles. The first-order chi connectivity index (χ1) is 21.8. The van der Waals surface area contributed by atoms with Gasteiger partial charge in [-0.25, -0.2) is 14.2 Å². The van der Waals surface area contributed by atoms with Gasteiger partial charge in [0, 0.05) is 51.5 Å². The quantitative estimate of drug-likeness (QED) is 0.257. The van der Waals surface area contributed by atoms with Crippen molar-refractivity contribution in [2.75, 3.05) is 44.8 Å². The summed E-state index contributed by atoms with van der Waals surface area (Å²) in [4.78, 5) is 25.9. The molecule has 11 nitrogen and oxygen atoms in total. The van der Waals surface area contributed by atoms with Crippen molar-refractivity contribution in [3.63, 3.8) is 0 Å². The van der Waals surface area contributed by atoms with Crippen LogP contribution in [0.15, 0.2) is 48.5 Å². The van der Waals surface area contributed by atoms with Gasteiger partial charge in [-0.1, -0.05) is 6.07 Å².